The summed E-state index contributed by atoms with van der Waals surface area (Å²) in [4.78, 5) is 16.3. The fraction of sp³-hybridized carbons (Fsp3) is 0.211. The summed E-state index contributed by atoms with van der Waals surface area (Å²) < 4.78 is 5.77. The fourth-order valence-electron chi connectivity index (χ4n) is 2.47. The van der Waals surface area contributed by atoms with Crippen LogP contribution in [0.25, 0.3) is 22.6 Å². The zero-order valence-corrected chi connectivity index (χ0v) is 17.0. The fourth-order valence-corrected chi connectivity index (χ4v) is 3.00. The van der Waals surface area contributed by atoms with Crippen LogP contribution in [-0.4, -0.2) is 16.0 Å². The molecule has 1 heterocycles. The van der Waals surface area contributed by atoms with Crippen LogP contribution in [0.4, 0.5) is 5.69 Å². The first kappa shape index (κ1) is 19.6. The van der Waals surface area contributed by atoms with Crippen molar-refractivity contribution in [3.05, 3.63) is 46.4 Å². The predicted octanol–water partition coefficient (Wildman–Crippen LogP) is 5.66. The number of thiocarbonyl (C=S) groups is 1. The van der Waals surface area contributed by atoms with Gasteiger partial charge in [-0.25, -0.2) is 4.98 Å². The summed E-state index contributed by atoms with van der Waals surface area (Å²) in [6.45, 7) is 3.94. The van der Waals surface area contributed by atoms with Gasteiger partial charge in [0.1, 0.15) is 5.52 Å². The van der Waals surface area contributed by atoms with Crippen molar-refractivity contribution in [1.82, 2.24) is 10.3 Å². The molecule has 0 bridgehead atoms. The molecule has 3 rings (SSSR count). The Hall–Kier alpha value is -2.15. The largest absolute Gasteiger partial charge is 0.436 e. The van der Waals surface area contributed by atoms with Crippen LogP contribution in [0.1, 0.15) is 20.3 Å². The van der Waals surface area contributed by atoms with Crippen LogP contribution in [0.3, 0.4) is 0 Å². The van der Waals surface area contributed by atoms with Gasteiger partial charge in [0.15, 0.2) is 10.7 Å². The molecule has 0 unspecified atom stereocenters. The number of rotatable bonds is 4. The topological polar surface area (TPSA) is 67.2 Å². The molecular formula is C19H17Cl2N3O2S. The molecule has 1 aromatic heterocycles. The summed E-state index contributed by atoms with van der Waals surface area (Å²) in [6.07, 6.45) is 0.414. The number of nitrogens with zero attached hydrogens (tertiary/aromatic N) is 1. The maximum absolute atomic E-state index is 11.8. The Kier molecular flexibility index (Phi) is 5.99. The van der Waals surface area contributed by atoms with Crippen LogP contribution in [-0.2, 0) is 4.79 Å². The highest BCUT2D eigenvalue weighted by molar-refractivity contribution is 7.80. The predicted molar refractivity (Wildman–Crippen MR) is 113 cm³/mol. The summed E-state index contributed by atoms with van der Waals surface area (Å²) >= 11 is 17.2. The summed E-state index contributed by atoms with van der Waals surface area (Å²) in [5.41, 5.74) is 2.70. The highest BCUT2D eigenvalue weighted by Crippen LogP contribution is 2.30. The van der Waals surface area contributed by atoms with Gasteiger partial charge in [-0.05, 0) is 54.5 Å². The first-order chi connectivity index (χ1) is 12.8. The normalized spacial score (nSPS) is 11.0. The van der Waals surface area contributed by atoms with E-state index >= 15 is 0 Å². The van der Waals surface area contributed by atoms with Crippen LogP contribution in [0.5, 0.6) is 0 Å². The van der Waals surface area contributed by atoms with Crippen molar-refractivity contribution in [2.24, 2.45) is 5.92 Å². The quantitative estimate of drug-likeness (QED) is 0.531. The highest BCUT2D eigenvalue weighted by atomic mass is 35.5. The van der Waals surface area contributed by atoms with Gasteiger partial charge >= 0.3 is 0 Å². The van der Waals surface area contributed by atoms with Crippen LogP contribution in [0, 0.1) is 5.92 Å². The average Bonchev–Trinajstić information content (AvgIpc) is 2.99. The molecule has 0 aliphatic rings. The molecule has 3 aromatic rings. The van der Waals surface area contributed by atoms with Gasteiger partial charge in [0.2, 0.25) is 11.8 Å². The lowest BCUT2D eigenvalue weighted by Gasteiger charge is -2.10. The van der Waals surface area contributed by atoms with Gasteiger partial charge in [0, 0.05) is 17.7 Å². The minimum absolute atomic E-state index is 0.119. The van der Waals surface area contributed by atoms with E-state index in [0.717, 1.165) is 5.56 Å². The standard InChI is InChI=1S/C19H17Cl2N3O2S/c1-10(2)7-17(25)24-19(27)22-12-4-6-16-15(9-12)23-18(26-16)11-3-5-13(20)14(21)8-11/h3-6,8-10H,7H2,1-2H3,(H2,22,24,25,27). The van der Waals surface area contributed by atoms with E-state index in [1.165, 1.54) is 0 Å². The number of benzene rings is 2. The Morgan fingerprint density at radius 3 is 2.67 bits per heavy atom. The number of carbonyl (C=O) groups excluding carboxylic acids is 1. The van der Waals surface area contributed by atoms with E-state index in [1.807, 2.05) is 13.8 Å². The molecule has 0 fully saturated rings. The van der Waals surface area contributed by atoms with E-state index in [-0.39, 0.29) is 16.9 Å². The van der Waals surface area contributed by atoms with Crippen LogP contribution < -0.4 is 10.6 Å². The first-order valence-corrected chi connectivity index (χ1v) is 9.45. The van der Waals surface area contributed by atoms with Crippen molar-refractivity contribution in [1.29, 1.82) is 0 Å². The number of nitrogens with one attached hydrogen (secondary N) is 2. The zero-order chi connectivity index (χ0) is 19.6. The number of halogens is 2. The minimum atomic E-state index is -0.119. The molecule has 1 amide bonds. The summed E-state index contributed by atoms with van der Waals surface area (Å²) in [6, 6.07) is 10.6. The number of carbonyl (C=O) groups is 1. The summed E-state index contributed by atoms with van der Waals surface area (Å²) in [5, 5.41) is 6.79. The van der Waals surface area contributed by atoms with Gasteiger partial charge in [-0.15, -0.1) is 0 Å². The van der Waals surface area contributed by atoms with Crippen LogP contribution in [0.2, 0.25) is 10.0 Å². The van der Waals surface area contributed by atoms with Gasteiger partial charge in [-0.3, -0.25) is 4.79 Å². The average molecular weight is 422 g/mol. The Balaban J connectivity index is 1.76. The Morgan fingerprint density at radius 1 is 1.19 bits per heavy atom. The third-order valence-corrected chi connectivity index (χ3v) is 4.60. The van der Waals surface area contributed by atoms with Crippen molar-refractivity contribution in [2.75, 3.05) is 5.32 Å². The van der Waals surface area contributed by atoms with E-state index in [9.17, 15) is 4.79 Å². The number of fused-ring (bicyclic) bond motifs is 1. The smallest absolute Gasteiger partial charge is 0.227 e. The van der Waals surface area contributed by atoms with Crippen molar-refractivity contribution in [3.8, 4) is 11.5 Å². The molecule has 0 spiro atoms. The maximum atomic E-state index is 11.8. The van der Waals surface area contributed by atoms with Gasteiger partial charge in [-0.1, -0.05) is 37.0 Å². The maximum Gasteiger partial charge on any atom is 0.227 e. The van der Waals surface area contributed by atoms with E-state index < -0.39 is 0 Å². The SMILES string of the molecule is CC(C)CC(=O)NC(=S)Nc1ccc2oc(-c3ccc(Cl)c(Cl)c3)nc2c1. The lowest BCUT2D eigenvalue weighted by atomic mass is 10.1. The van der Waals surface area contributed by atoms with Gasteiger partial charge in [0.25, 0.3) is 0 Å². The lowest BCUT2D eigenvalue weighted by Crippen LogP contribution is -2.34. The molecule has 8 heteroatoms. The molecule has 0 saturated carbocycles. The monoisotopic (exact) mass is 421 g/mol. The van der Waals surface area contributed by atoms with Crippen molar-refractivity contribution in [3.63, 3.8) is 0 Å². The van der Waals surface area contributed by atoms with Gasteiger partial charge in [0.05, 0.1) is 10.0 Å². The minimum Gasteiger partial charge on any atom is -0.436 e. The van der Waals surface area contributed by atoms with Crippen molar-refractivity contribution < 1.29 is 9.21 Å². The van der Waals surface area contributed by atoms with Crippen LogP contribution in [0.15, 0.2) is 40.8 Å². The molecule has 2 N–H and O–H groups in total. The van der Waals surface area contributed by atoms with Crippen LogP contribution >= 0.6 is 35.4 Å². The second-order valence-electron chi connectivity index (χ2n) is 6.43. The van der Waals surface area contributed by atoms with E-state index in [0.29, 0.717) is 39.1 Å². The molecule has 27 heavy (non-hydrogen) atoms. The van der Waals surface area contributed by atoms with Crippen molar-refractivity contribution >= 4 is 63.2 Å². The van der Waals surface area contributed by atoms with Gasteiger partial charge < -0.3 is 15.1 Å². The molecule has 140 valence electrons. The number of oxazole rings is 1. The molecule has 0 radical (unpaired) electrons. The number of anilines is 1. The van der Waals surface area contributed by atoms with Crippen molar-refractivity contribution in [2.45, 2.75) is 20.3 Å². The Morgan fingerprint density at radius 2 is 1.96 bits per heavy atom. The van der Waals surface area contributed by atoms with E-state index in [1.54, 1.807) is 36.4 Å². The Labute approximate surface area is 172 Å². The zero-order valence-electron chi connectivity index (χ0n) is 14.7. The third kappa shape index (κ3) is 4.97. The first-order valence-electron chi connectivity index (χ1n) is 8.28. The number of aromatic nitrogens is 1. The number of hydrogen-bond donors (Lipinski definition) is 2. The molecular weight excluding hydrogens is 405 g/mol. The third-order valence-electron chi connectivity index (χ3n) is 3.66. The summed E-state index contributed by atoms with van der Waals surface area (Å²) in [5.74, 6) is 0.583. The molecule has 0 atom stereocenters. The molecule has 0 saturated heterocycles. The Bertz CT molecular complexity index is 1020. The molecule has 5 nitrogen and oxygen atoms in total. The second kappa shape index (κ2) is 8.25. The number of hydrogen-bond acceptors (Lipinski definition) is 4. The lowest BCUT2D eigenvalue weighted by molar-refractivity contribution is -0.120. The number of amides is 1. The highest BCUT2D eigenvalue weighted by Gasteiger charge is 2.12. The molecule has 0 aliphatic heterocycles. The van der Waals surface area contributed by atoms with E-state index in [4.69, 9.17) is 39.8 Å². The van der Waals surface area contributed by atoms with E-state index in [2.05, 4.69) is 15.6 Å². The summed E-state index contributed by atoms with van der Waals surface area (Å²) in [7, 11) is 0. The molecule has 0 aliphatic carbocycles. The molecule has 2 aromatic carbocycles. The van der Waals surface area contributed by atoms with Gasteiger partial charge in [-0.2, -0.15) is 0 Å². The second-order valence-corrected chi connectivity index (χ2v) is 7.65.